The average molecular weight is 862 g/mol. The first-order valence-electron chi connectivity index (χ1n) is 19.4. The molecule has 0 radical (unpaired) electrons. The summed E-state index contributed by atoms with van der Waals surface area (Å²) in [6.45, 7) is 1.05. The Morgan fingerprint density at radius 2 is 1.23 bits per heavy atom. The Labute approximate surface area is 355 Å². The van der Waals surface area contributed by atoms with Crippen LogP contribution >= 0.6 is 34.0 Å². The normalized spacial score (nSPS) is 17.5. The maximum absolute atomic E-state index is 13.9. The largest absolute Gasteiger partial charge is 0.465 e. The number of nitrogens with zero attached hydrogens (tertiary/aromatic N) is 5. The number of carboxylic acid groups (broad SMARTS) is 1. The molecule has 306 valence electrons. The number of rotatable bonds is 11. The van der Waals surface area contributed by atoms with E-state index in [-0.39, 0.29) is 23.9 Å². The van der Waals surface area contributed by atoms with Gasteiger partial charge in [-0.1, -0.05) is 60.7 Å². The van der Waals surface area contributed by atoms with Gasteiger partial charge >= 0.3 is 12.2 Å². The van der Waals surface area contributed by atoms with Crippen molar-refractivity contribution in [1.29, 1.82) is 0 Å². The first-order valence-corrected chi connectivity index (χ1v) is 21.8. The van der Waals surface area contributed by atoms with Crippen LogP contribution in [0.2, 0.25) is 0 Å². The Bertz CT molecular complexity index is 2640. The van der Waals surface area contributed by atoms with Gasteiger partial charge in [0.2, 0.25) is 0 Å². The molecule has 0 bridgehead atoms. The first-order chi connectivity index (χ1) is 29.2. The SMILES string of the molecule is COC(=O)N[C@@H](C(=O)N1CCCC1c1ncc(-c2cc3sc(-c4cnc(-c5cnc([C@@H]6CCCN6C(=O)[C@H](NC(=O)O)c6ccccc6)[nH]5)s4)cc3s2)[nH]1)c1ccccc1. The van der Waals surface area contributed by atoms with E-state index in [1.54, 1.807) is 74.3 Å². The third-order valence-electron chi connectivity index (χ3n) is 10.8. The van der Waals surface area contributed by atoms with E-state index in [0.29, 0.717) is 42.3 Å². The Hall–Kier alpha value is -6.37. The number of aromatic nitrogens is 5. The zero-order valence-electron chi connectivity index (χ0n) is 32.2. The monoisotopic (exact) mass is 861 g/mol. The molecule has 2 aliphatic rings. The van der Waals surface area contributed by atoms with E-state index in [4.69, 9.17) is 14.7 Å². The second-order valence-electron chi connectivity index (χ2n) is 14.5. The molecule has 0 aliphatic carbocycles. The van der Waals surface area contributed by atoms with Gasteiger partial charge in [0.15, 0.2) is 0 Å². The number of benzene rings is 2. The Morgan fingerprint density at radius 3 is 1.82 bits per heavy atom. The molecule has 2 aliphatic heterocycles. The van der Waals surface area contributed by atoms with Crippen molar-refractivity contribution < 1.29 is 29.0 Å². The highest BCUT2D eigenvalue weighted by atomic mass is 32.1. The van der Waals surface area contributed by atoms with Crippen molar-refractivity contribution in [1.82, 2.24) is 45.4 Å². The molecule has 5 aromatic heterocycles. The summed E-state index contributed by atoms with van der Waals surface area (Å²) in [5, 5.41) is 15.4. The van der Waals surface area contributed by atoms with Gasteiger partial charge in [0.1, 0.15) is 28.7 Å². The molecule has 7 heterocycles. The maximum Gasteiger partial charge on any atom is 0.407 e. The molecule has 7 aromatic rings. The van der Waals surface area contributed by atoms with Crippen molar-refractivity contribution in [2.75, 3.05) is 20.2 Å². The number of carbonyl (C=O) groups excluding carboxylic acids is 3. The standard InChI is InChI=1S/C42H39N9O6S3/c1-57-42(56)49-35(24-12-6-3-7-13-24)40(53)51-17-8-14-27(51)36-43-20-25(46-36)29-18-30-31(58-29)19-32(59-30)33-22-45-38(60-33)26-21-44-37(47-26)28-15-9-16-50(28)39(52)34(48-41(54)55)23-10-4-2-5-11-23/h2-7,10-13,18-22,27-28,34-35,48H,8-9,14-17H2,1H3,(H,43,46)(H,44,47)(H,49,56)(H,54,55)/t27?,28-,34+,35+/m0/s1. The van der Waals surface area contributed by atoms with E-state index in [0.717, 1.165) is 59.7 Å². The molecule has 2 aromatic carbocycles. The van der Waals surface area contributed by atoms with E-state index in [2.05, 4.69) is 37.7 Å². The quantitative estimate of drug-likeness (QED) is 0.0849. The van der Waals surface area contributed by atoms with E-state index >= 15 is 0 Å². The molecule has 4 amide bonds. The van der Waals surface area contributed by atoms with Gasteiger partial charge < -0.3 is 40.2 Å². The minimum absolute atomic E-state index is 0.215. The number of thiazole rings is 1. The third-order valence-corrected chi connectivity index (χ3v) is 14.4. The smallest absolute Gasteiger partial charge is 0.407 e. The van der Waals surface area contributed by atoms with E-state index in [9.17, 15) is 24.3 Å². The highest BCUT2D eigenvalue weighted by molar-refractivity contribution is 7.32. The number of aromatic amines is 2. The number of nitrogens with one attached hydrogen (secondary N) is 4. The Balaban J connectivity index is 0.882. The highest BCUT2D eigenvalue weighted by Crippen LogP contribution is 2.44. The predicted molar refractivity (Wildman–Crippen MR) is 228 cm³/mol. The molecular weight excluding hydrogens is 823 g/mol. The van der Waals surface area contributed by atoms with Crippen LogP contribution in [0.1, 0.15) is 72.6 Å². The van der Waals surface area contributed by atoms with Crippen LogP contribution in [0, 0.1) is 0 Å². The van der Waals surface area contributed by atoms with Crippen LogP contribution in [0.4, 0.5) is 9.59 Å². The molecule has 15 nitrogen and oxygen atoms in total. The van der Waals surface area contributed by atoms with Crippen molar-refractivity contribution in [2.45, 2.75) is 49.9 Å². The Kier molecular flexibility index (Phi) is 10.9. The van der Waals surface area contributed by atoms with Crippen molar-refractivity contribution in [3.8, 4) is 31.0 Å². The second-order valence-corrected chi connectivity index (χ2v) is 17.7. The number of carbonyl (C=O) groups is 4. The summed E-state index contributed by atoms with van der Waals surface area (Å²) >= 11 is 4.90. The molecule has 9 rings (SSSR count). The summed E-state index contributed by atoms with van der Waals surface area (Å²) in [4.78, 5) is 79.2. The lowest BCUT2D eigenvalue weighted by Crippen LogP contribution is -2.42. The second kappa shape index (κ2) is 16.7. The fourth-order valence-electron chi connectivity index (χ4n) is 7.98. The average Bonchev–Trinajstić information content (AvgIpc) is 4.11. The predicted octanol–water partition coefficient (Wildman–Crippen LogP) is 8.30. The number of methoxy groups -OCH3 is 1. The van der Waals surface area contributed by atoms with Crippen LogP contribution in [0.3, 0.4) is 0 Å². The minimum Gasteiger partial charge on any atom is -0.465 e. The molecule has 5 N–H and O–H groups in total. The summed E-state index contributed by atoms with van der Waals surface area (Å²) < 4.78 is 7.10. The molecular formula is C42H39N9O6S3. The minimum atomic E-state index is -1.26. The number of alkyl carbamates (subject to hydrolysis) is 1. The van der Waals surface area contributed by atoms with E-state index in [1.165, 1.54) is 7.11 Å². The zero-order chi connectivity index (χ0) is 41.3. The van der Waals surface area contributed by atoms with Gasteiger partial charge in [-0.05, 0) is 48.9 Å². The van der Waals surface area contributed by atoms with Crippen LogP contribution in [-0.4, -0.2) is 84.0 Å². The van der Waals surface area contributed by atoms with Gasteiger partial charge in [-0.15, -0.1) is 34.0 Å². The Morgan fingerprint density at radius 1 is 0.700 bits per heavy atom. The number of likely N-dealkylation sites (tertiary alicyclic amines) is 2. The molecule has 4 atom stereocenters. The van der Waals surface area contributed by atoms with Crippen molar-refractivity contribution >= 4 is 67.4 Å². The van der Waals surface area contributed by atoms with Crippen LogP contribution in [0.15, 0.2) is 91.4 Å². The zero-order valence-corrected chi connectivity index (χ0v) is 34.6. The van der Waals surface area contributed by atoms with E-state index < -0.39 is 24.3 Å². The maximum atomic E-state index is 13.9. The molecule has 2 fully saturated rings. The first kappa shape index (κ1) is 39.1. The topological polar surface area (TPSA) is 199 Å². The molecule has 60 heavy (non-hydrogen) atoms. The van der Waals surface area contributed by atoms with Crippen molar-refractivity contribution in [3.63, 3.8) is 0 Å². The number of fused-ring (bicyclic) bond motifs is 1. The van der Waals surface area contributed by atoms with Crippen LogP contribution in [-0.2, 0) is 14.3 Å². The summed E-state index contributed by atoms with van der Waals surface area (Å²) in [5.74, 6) is 0.814. The fourth-order valence-corrected chi connectivity index (χ4v) is 11.3. The van der Waals surface area contributed by atoms with Crippen LogP contribution in [0.5, 0.6) is 0 Å². The summed E-state index contributed by atoms with van der Waals surface area (Å²) in [6.07, 6.45) is 6.52. The number of hydrogen-bond donors (Lipinski definition) is 5. The van der Waals surface area contributed by atoms with Crippen LogP contribution in [0.25, 0.3) is 40.4 Å². The lowest BCUT2D eigenvalue weighted by atomic mass is 10.1. The van der Waals surface area contributed by atoms with Gasteiger partial charge in [-0.3, -0.25) is 9.59 Å². The molecule has 0 saturated carbocycles. The number of H-pyrrole nitrogens is 2. The summed E-state index contributed by atoms with van der Waals surface area (Å²) in [6, 6.07) is 19.9. The number of imidazole rings is 2. The molecule has 18 heteroatoms. The molecule has 0 spiro atoms. The molecule has 1 unspecified atom stereocenters. The third kappa shape index (κ3) is 7.76. The van der Waals surface area contributed by atoms with Gasteiger partial charge in [0.25, 0.3) is 11.8 Å². The lowest BCUT2D eigenvalue weighted by molar-refractivity contribution is -0.135. The van der Waals surface area contributed by atoms with E-state index in [1.807, 2.05) is 48.8 Å². The van der Waals surface area contributed by atoms with Crippen molar-refractivity contribution in [3.05, 3.63) is 114 Å². The number of hydrogen-bond acceptors (Lipinski definition) is 11. The summed E-state index contributed by atoms with van der Waals surface area (Å²) in [5.41, 5.74) is 2.88. The number of thiophene rings is 2. The van der Waals surface area contributed by atoms with Gasteiger partial charge in [0.05, 0.1) is 52.7 Å². The molecule has 2 saturated heterocycles. The fraction of sp³-hybridized carbons (Fsp3) is 0.262. The number of ether oxygens (including phenoxy) is 1. The van der Waals surface area contributed by atoms with Gasteiger partial charge in [0, 0.05) is 33.6 Å². The number of amides is 4. The van der Waals surface area contributed by atoms with Crippen molar-refractivity contribution in [2.24, 2.45) is 0 Å². The van der Waals surface area contributed by atoms with Crippen LogP contribution < -0.4 is 10.6 Å². The van der Waals surface area contributed by atoms with Gasteiger partial charge in [-0.2, -0.15) is 0 Å². The lowest BCUT2D eigenvalue weighted by Gasteiger charge is -2.28. The van der Waals surface area contributed by atoms with Gasteiger partial charge in [-0.25, -0.2) is 24.5 Å². The highest BCUT2D eigenvalue weighted by Gasteiger charge is 2.38. The summed E-state index contributed by atoms with van der Waals surface area (Å²) in [7, 11) is 1.28.